The number of fused-ring (bicyclic) bond motifs is 1. The van der Waals surface area contributed by atoms with Crippen LogP contribution in [0.15, 0.2) is 30.5 Å². The van der Waals surface area contributed by atoms with Crippen molar-refractivity contribution in [3.8, 4) is 10.6 Å². The minimum absolute atomic E-state index is 0.313. The maximum atomic E-state index is 14.1. The first kappa shape index (κ1) is 19.4. The summed E-state index contributed by atoms with van der Waals surface area (Å²) in [5.74, 6) is 0.414. The van der Waals surface area contributed by atoms with Crippen LogP contribution in [0.4, 0.5) is 15.0 Å². The third-order valence-electron chi connectivity index (χ3n) is 4.54. The summed E-state index contributed by atoms with van der Waals surface area (Å²) in [6, 6.07) is 6.80. The Kier molecular flexibility index (Phi) is 5.69. The van der Waals surface area contributed by atoms with E-state index >= 15 is 0 Å². The molecule has 2 N–H and O–H groups in total. The number of nitrogens with zero attached hydrogens (tertiary/aromatic N) is 4. The Labute approximate surface area is 179 Å². The molecular weight excluding hydrogens is 494 g/mol. The summed E-state index contributed by atoms with van der Waals surface area (Å²) in [5, 5.41) is 17.3. The van der Waals surface area contributed by atoms with Gasteiger partial charge in [0.05, 0.1) is 6.04 Å². The van der Waals surface area contributed by atoms with Crippen molar-refractivity contribution in [2.45, 2.75) is 25.6 Å². The summed E-state index contributed by atoms with van der Waals surface area (Å²) in [6.45, 7) is 2.97. The van der Waals surface area contributed by atoms with Crippen molar-refractivity contribution in [3.05, 3.63) is 35.5 Å². The van der Waals surface area contributed by atoms with Crippen LogP contribution in [0.25, 0.3) is 21.3 Å². The van der Waals surface area contributed by atoms with E-state index in [4.69, 9.17) is 0 Å². The lowest BCUT2D eigenvalue weighted by molar-refractivity contribution is 0.171. The average molecular weight is 512 g/mol. The highest BCUT2D eigenvalue weighted by atomic mass is 127. The van der Waals surface area contributed by atoms with E-state index in [1.54, 1.807) is 12.3 Å². The lowest BCUT2D eigenvalue weighted by Gasteiger charge is -2.31. The van der Waals surface area contributed by atoms with Crippen molar-refractivity contribution >= 4 is 56.8 Å². The van der Waals surface area contributed by atoms with Crippen molar-refractivity contribution in [1.82, 2.24) is 23.6 Å². The molecule has 3 heterocycles. The van der Waals surface area contributed by atoms with E-state index in [0.29, 0.717) is 18.8 Å². The number of hydrogen-bond donors (Lipinski definition) is 2. The maximum Gasteiger partial charge on any atom is 0.320 e. The lowest BCUT2D eigenvalue weighted by Crippen LogP contribution is -2.51. The molecule has 0 spiro atoms. The van der Waals surface area contributed by atoms with Crippen LogP contribution in [-0.4, -0.2) is 49.6 Å². The highest BCUT2D eigenvalue weighted by molar-refractivity contribution is 14.1. The van der Waals surface area contributed by atoms with Crippen LogP contribution in [0.1, 0.15) is 11.4 Å². The summed E-state index contributed by atoms with van der Waals surface area (Å²) in [4.78, 5) is 16.6. The molecule has 4 rings (SSSR count). The summed E-state index contributed by atoms with van der Waals surface area (Å²) < 4.78 is 16.0. The number of hydrogen-bond acceptors (Lipinski definition) is 6. The SMILES string of the molecule is Cc1nnc(-c2ccc3cnc(NC(=O)N[C@H]4CCN(I)C[C@@H]4F)cc3c2)s1. The molecular formula is C18H18FIN6OS. The van der Waals surface area contributed by atoms with E-state index in [0.717, 1.165) is 32.9 Å². The molecule has 2 aromatic heterocycles. The van der Waals surface area contributed by atoms with Gasteiger partial charge in [0, 0.05) is 53.1 Å². The molecule has 2 atom stereocenters. The number of amides is 2. The number of piperidine rings is 1. The van der Waals surface area contributed by atoms with Crippen molar-refractivity contribution in [2.24, 2.45) is 0 Å². The Balaban J connectivity index is 1.48. The van der Waals surface area contributed by atoms with Gasteiger partial charge in [0.15, 0.2) is 0 Å². The summed E-state index contributed by atoms with van der Waals surface area (Å²) in [6.07, 6.45) is 1.19. The maximum absolute atomic E-state index is 14.1. The number of rotatable bonds is 3. The molecule has 1 fully saturated rings. The topological polar surface area (TPSA) is 83.0 Å². The molecule has 3 aromatic rings. The van der Waals surface area contributed by atoms with Crippen LogP contribution in [0, 0.1) is 6.92 Å². The number of aryl methyl sites for hydroxylation is 1. The second-order valence-corrected chi connectivity index (χ2v) is 9.18. The van der Waals surface area contributed by atoms with Gasteiger partial charge in [-0.15, -0.1) is 10.2 Å². The van der Waals surface area contributed by atoms with E-state index in [1.807, 2.05) is 28.2 Å². The third-order valence-corrected chi connectivity index (χ3v) is 6.31. The smallest absolute Gasteiger partial charge is 0.320 e. The standard InChI is InChI=1S/C18H18FIN6OS/c1-10-24-25-17(28-10)11-2-3-12-8-21-16(7-13(12)6-11)23-18(27)22-15-4-5-26(20)9-14(15)19/h2-3,6-8,14-15H,4-5,9H2,1H3,(H2,21,22,23,27)/t14-,15-/m0/s1. The van der Waals surface area contributed by atoms with Crippen LogP contribution in [-0.2, 0) is 0 Å². The van der Waals surface area contributed by atoms with Gasteiger partial charge < -0.3 is 5.32 Å². The number of carbonyl (C=O) groups excluding carboxylic acids is 1. The van der Waals surface area contributed by atoms with Gasteiger partial charge in [0.25, 0.3) is 0 Å². The van der Waals surface area contributed by atoms with Crippen molar-refractivity contribution in [1.29, 1.82) is 0 Å². The number of carbonyl (C=O) groups is 1. The molecule has 0 aliphatic carbocycles. The molecule has 1 aliphatic rings. The highest BCUT2D eigenvalue weighted by Gasteiger charge is 2.29. The average Bonchev–Trinajstić information content (AvgIpc) is 3.10. The fourth-order valence-electron chi connectivity index (χ4n) is 3.11. The van der Waals surface area contributed by atoms with E-state index in [2.05, 4.69) is 48.7 Å². The predicted octanol–water partition coefficient (Wildman–Crippen LogP) is 3.95. The van der Waals surface area contributed by atoms with Gasteiger partial charge in [0.1, 0.15) is 22.0 Å². The second-order valence-electron chi connectivity index (χ2n) is 6.64. The number of benzene rings is 1. The molecule has 1 aliphatic heterocycles. The zero-order chi connectivity index (χ0) is 19.7. The quantitative estimate of drug-likeness (QED) is 0.411. The fourth-order valence-corrected chi connectivity index (χ4v) is 4.45. The van der Waals surface area contributed by atoms with Gasteiger partial charge in [-0.2, -0.15) is 0 Å². The Bertz CT molecular complexity index is 1010. The molecule has 1 saturated heterocycles. The van der Waals surface area contributed by atoms with E-state index in [9.17, 15) is 9.18 Å². The molecule has 0 saturated carbocycles. The van der Waals surface area contributed by atoms with Crippen LogP contribution in [0.5, 0.6) is 0 Å². The fraction of sp³-hybridized carbons (Fsp3) is 0.333. The molecule has 146 valence electrons. The first-order valence-corrected chi connectivity index (χ1v) is 10.6. The molecule has 0 radical (unpaired) electrons. The zero-order valence-electron chi connectivity index (χ0n) is 15.0. The van der Waals surface area contributed by atoms with Crippen LogP contribution in [0.2, 0.25) is 0 Å². The number of alkyl halides is 1. The van der Waals surface area contributed by atoms with Crippen molar-refractivity contribution < 1.29 is 9.18 Å². The Morgan fingerprint density at radius 2 is 2.18 bits per heavy atom. The first-order valence-electron chi connectivity index (χ1n) is 8.80. The van der Waals surface area contributed by atoms with Gasteiger partial charge in [-0.25, -0.2) is 17.3 Å². The molecule has 1 aromatic carbocycles. The van der Waals surface area contributed by atoms with Crippen molar-refractivity contribution in [2.75, 3.05) is 18.4 Å². The van der Waals surface area contributed by atoms with E-state index in [1.165, 1.54) is 11.3 Å². The van der Waals surface area contributed by atoms with Gasteiger partial charge in [-0.3, -0.25) is 5.32 Å². The highest BCUT2D eigenvalue weighted by Crippen LogP contribution is 2.27. The Morgan fingerprint density at radius 1 is 1.32 bits per heavy atom. The number of urea groups is 1. The van der Waals surface area contributed by atoms with Crippen LogP contribution >= 0.6 is 34.2 Å². The number of pyridine rings is 1. The minimum atomic E-state index is -1.08. The largest absolute Gasteiger partial charge is 0.332 e. The number of aromatic nitrogens is 3. The molecule has 2 amide bonds. The first-order chi connectivity index (χ1) is 13.5. The number of halogens is 2. The summed E-state index contributed by atoms with van der Waals surface area (Å²) in [5.41, 5.74) is 0.963. The molecule has 0 bridgehead atoms. The summed E-state index contributed by atoms with van der Waals surface area (Å²) in [7, 11) is 0. The second kappa shape index (κ2) is 8.21. The van der Waals surface area contributed by atoms with Crippen LogP contribution < -0.4 is 10.6 Å². The predicted molar refractivity (Wildman–Crippen MR) is 116 cm³/mol. The molecule has 7 nitrogen and oxygen atoms in total. The third kappa shape index (κ3) is 4.39. The molecule has 28 heavy (non-hydrogen) atoms. The monoisotopic (exact) mass is 512 g/mol. The Hall–Kier alpha value is -1.92. The summed E-state index contributed by atoms with van der Waals surface area (Å²) >= 11 is 3.62. The van der Waals surface area contributed by atoms with E-state index in [-0.39, 0.29) is 0 Å². The van der Waals surface area contributed by atoms with Gasteiger partial charge in [-0.05, 0) is 30.9 Å². The van der Waals surface area contributed by atoms with Gasteiger partial charge >= 0.3 is 6.03 Å². The normalized spacial score (nSPS) is 20.2. The van der Waals surface area contributed by atoms with Crippen LogP contribution in [0.3, 0.4) is 0 Å². The molecule has 0 unspecified atom stereocenters. The Morgan fingerprint density at radius 3 is 2.93 bits per heavy atom. The minimum Gasteiger partial charge on any atom is -0.332 e. The van der Waals surface area contributed by atoms with Gasteiger partial charge in [0.2, 0.25) is 0 Å². The number of anilines is 1. The van der Waals surface area contributed by atoms with E-state index < -0.39 is 18.2 Å². The number of nitrogens with one attached hydrogen (secondary N) is 2. The van der Waals surface area contributed by atoms with Gasteiger partial charge in [-0.1, -0.05) is 23.5 Å². The zero-order valence-corrected chi connectivity index (χ0v) is 18.0. The van der Waals surface area contributed by atoms with Crippen molar-refractivity contribution in [3.63, 3.8) is 0 Å². The lowest BCUT2D eigenvalue weighted by atomic mass is 10.1. The molecule has 10 heteroatoms.